The van der Waals surface area contributed by atoms with Gasteiger partial charge in [0, 0.05) is 24.1 Å². The first-order valence-electron chi connectivity index (χ1n) is 6.82. The van der Waals surface area contributed by atoms with Gasteiger partial charge < -0.3 is 4.57 Å². The van der Waals surface area contributed by atoms with Gasteiger partial charge in [-0.15, -0.1) is 4.40 Å². The number of hydrogen-bond acceptors (Lipinski definition) is 6. The van der Waals surface area contributed by atoms with Crippen LogP contribution in [0.15, 0.2) is 33.6 Å². The summed E-state index contributed by atoms with van der Waals surface area (Å²) in [5.74, 6) is 0.0420. The minimum Gasteiger partial charge on any atom is -0.311 e. The largest absolute Gasteiger partial charge is 0.311 e. The Labute approximate surface area is 142 Å². The molecule has 1 aromatic carbocycles. The number of nitrogens with zero attached hydrogens (tertiary/aromatic N) is 4. The highest BCUT2D eigenvalue weighted by Crippen LogP contribution is 2.23. The van der Waals surface area contributed by atoms with Crippen molar-refractivity contribution in [3.8, 4) is 6.07 Å². The van der Waals surface area contributed by atoms with Crippen LogP contribution in [0.3, 0.4) is 0 Å². The van der Waals surface area contributed by atoms with Crippen LogP contribution in [0, 0.1) is 21.4 Å². The van der Waals surface area contributed by atoms with Crippen LogP contribution in [0.4, 0.5) is 5.69 Å². The lowest BCUT2D eigenvalue weighted by molar-refractivity contribution is -0.385. The maximum absolute atomic E-state index is 12.4. The predicted molar refractivity (Wildman–Crippen MR) is 87.9 cm³/mol. The first-order valence-corrected chi connectivity index (χ1v) is 9.08. The Morgan fingerprint density at radius 1 is 1.42 bits per heavy atom. The van der Waals surface area contributed by atoms with Gasteiger partial charge in [0.25, 0.3) is 15.7 Å². The second kappa shape index (κ2) is 6.54. The highest BCUT2D eigenvalue weighted by atomic mass is 32.2. The first kappa shape index (κ1) is 17.8. The van der Waals surface area contributed by atoms with Crippen LogP contribution in [0.1, 0.15) is 30.3 Å². The second-order valence-electron chi connectivity index (χ2n) is 5.24. The van der Waals surface area contributed by atoms with Crippen LogP contribution in [-0.2, 0) is 17.1 Å². The Morgan fingerprint density at radius 2 is 2.08 bits per heavy atom. The van der Waals surface area contributed by atoms with E-state index in [0.717, 1.165) is 22.3 Å². The fourth-order valence-corrected chi connectivity index (χ4v) is 4.33. The highest BCUT2D eigenvalue weighted by molar-refractivity contribution is 7.90. The fraction of sp³-hybridized carbons (Fsp3) is 0.286. The van der Waals surface area contributed by atoms with Gasteiger partial charge in [0.1, 0.15) is 11.8 Å². The summed E-state index contributed by atoms with van der Waals surface area (Å²) < 4.78 is 30.0. The topological polar surface area (TPSA) is 118 Å². The van der Waals surface area contributed by atoms with Crippen molar-refractivity contribution in [1.29, 1.82) is 5.26 Å². The van der Waals surface area contributed by atoms with Gasteiger partial charge in [0.2, 0.25) is 4.80 Å². The molecule has 0 aliphatic carbocycles. The van der Waals surface area contributed by atoms with Crippen LogP contribution in [0.2, 0.25) is 0 Å². The van der Waals surface area contributed by atoms with Crippen molar-refractivity contribution in [2.75, 3.05) is 0 Å². The summed E-state index contributed by atoms with van der Waals surface area (Å²) in [6, 6.07) is 6.74. The van der Waals surface area contributed by atoms with Gasteiger partial charge in [0.05, 0.1) is 9.82 Å². The molecule has 0 atom stereocenters. The molecular formula is C14H14N4O4S2. The molecule has 0 fully saturated rings. The highest BCUT2D eigenvalue weighted by Gasteiger charge is 2.19. The number of hydrogen-bond donors (Lipinski definition) is 0. The number of non-ortho nitro benzene ring substituents is 1. The van der Waals surface area contributed by atoms with E-state index in [1.807, 2.05) is 19.9 Å². The van der Waals surface area contributed by atoms with E-state index in [0.29, 0.717) is 5.69 Å². The Balaban J connectivity index is 2.65. The summed E-state index contributed by atoms with van der Waals surface area (Å²) in [7, 11) is -2.57. The van der Waals surface area contributed by atoms with Gasteiger partial charge in [-0.25, -0.2) is 0 Å². The van der Waals surface area contributed by atoms with Gasteiger partial charge in [-0.3, -0.25) is 10.1 Å². The standard InChI is InChI=1S/C14H14N4O4S2/c1-9(2)13-12(8-15)17(3)14(23-13)16-24(21,22)11-6-4-5-10(7-11)18(19)20/h4-7,9H,1-3H3/b16-14+. The molecule has 0 amide bonds. The average molecular weight is 366 g/mol. The minimum atomic E-state index is -4.13. The molecule has 24 heavy (non-hydrogen) atoms. The number of nitro groups is 1. The van der Waals surface area contributed by atoms with Crippen molar-refractivity contribution in [3.05, 3.63) is 49.8 Å². The summed E-state index contributed by atoms with van der Waals surface area (Å²) in [5.41, 5.74) is 0.0189. The van der Waals surface area contributed by atoms with Gasteiger partial charge >= 0.3 is 0 Å². The van der Waals surface area contributed by atoms with Crippen LogP contribution in [0.25, 0.3) is 0 Å². The Hall–Kier alpha value is -2.51. The van der Waals surface area contributed by atoms with E-state index in [2.05, 4.69) is 4.40 Å². The Morgan fingerprint density at radius 3 is 2.58 bits per heavy atom. The molecule has 0 saturated heterocycles. The predicted octanol–water partition coefficient (Wildman–Crippen LogP) is 2.28. The number of rotatable bonds is 4. The van der Waals surface area contributed by atoms with Gasteiger partial charge in [0.15, 0.2) is 0 Å². The molecule has 1 heterocycles. The molecule has 10 heteroatoms. The molecule has 0 saturated carbocycles. The molecule has 0 spiro atoms. The smallest absolute Gasteiger partial charge is 0.285 e. The molecule has 2 rings (SSSR count). The van der Waals surface area contributed by atoms with E-state index in [9.17, 15) is 23.8 Å². The van der Waals surface area contributed by atoms with Crippen molar-refractivity contribution >= 4 is 27.0 Å². The molecule has 0 unspecified atom stereocenters. The third-order valence-corrected chi connectivity index (χ3v) is 6.02. The molecule has 0 bridgehead atoms. The maximum atomic E-state index is 12.4. The van der Waals surface area contributed by atoms with Crippen LogP contribution >= 0.6 is 11.3 Å². The molecule has 0 radical (unpaired) electrons. The van der Waals surface area contributed by atoms with Crippen LogP contribution < -0.4 is 4.80 Å². The number of aromatic nitrogens is 1. The maximum Gasteiger partial charge on any atom is 0.285 e. The lowest BCUT2D eigenvalue weighted by Crippen LogP contribution is -2.15. The van der Waals surface area contributed by atoms with Gasteiger partial charge in [-0.1, -0.05) is 31.3 Å². The van der Waals surface area contributed by atoms with E-state index < -0.39 is 14.9 Å². The first-order chi connectivity index (χ1) is 11.2. The van der Waals surface area contributed by atoms with Gasteiger partial charge in [-0.05, 0) is 12.0 Å². The summed E-state index contributed by atoms with van der Waals surface area (Å²) in [5, 5.41) is 20.0. The number of nitriles is 1. The van der Waals surface area contributed by atoms with Gasteiger partial charge in [-0.2, -0.15) is 13.7 Å². The normalized spacial score (nSPS) is 12.4. The lowest BCUT2D eigenvalue weighted by Gasteiger charge is -2.00. The molecule has 0 N–H and O–H groups in total. The van der Waals surface area contributed by atoms with E-state index in [-0.39, 0.29) is 21.3 Å². The van der Waals surface area contributed by atoms with E-state index in [1.54, 1.807) is 7.05 Å². The summed E-state index contributed by atoms with van der Waals surface area (Å²) in [6.45, 7) is 3.79. The van der Waals surface area contributed by atoms with Crippen molar-refractivity contribution in [3.63, 3.8) is 0 Å². The molecule has 0 aliphatic rings. The second-order valence-corrected chi connectivity index (χ2v) is 7.86. The quantitative estimate of drug-likeness (QED) is 0.607. The van der Waals surface area contributed by atoms with Crippen molar-refractivity contribution < 1.29 is 13.3 Å². The monoisotopic (exact) mass is 366 g/mol. The zero-order valence-electron chi connectivity index (χ0n) is 13.1. The van der Waals surface area contributed by atoms with Crippen molar-refractivity contribution in [1.82, 2.24) is 4.57 Å². The van der Waals surface area contributed by atoms with Crippen LogP contribution in [0.5, 0.6) is 0 Å². The molecule has 0 aliphatic heterocycles. The zero-order chi connectivity index (χ0) is 18.1. The van der Waals surface area contributed by atoms with E-state index >= 15 is 0 Å². The lowest BCUT2D eigenvalue weighted by atomic mass is 10.1. The summed E-state index contributed by atoms with van der Waals surface area (Å²) in [6.07, 6.45) is 0. The third-order valence-electron chi connectivity index (χ3n) is 3.21. The number of benzene rings is 1. The minimum absolute atomic E-state index is 0.0420. The van der Waals surface area contributed by atoms with Crippen LogP contribution in [-0.4, -0.2) is 17.9 Å². The summed E-state index contributed by atoms with van der Waals surface area (Å²) >= 11 is 1.11. The SMILES string of the molecule is CC(C)c1s/c(=N/S(=O)(=O)c2cccc([N+](=O)[O-])c2)n(C)c1C#N. The molecule has 2 aromatic rings. The Kier molecular flexibility index (Phi) is 4.86. The average Bonchev–Trinajstić information content (AvgIpc) is 2.83. The number of nitro benzene ring substituents is 1. The molecule has 1 aromatic heterocycles. The number of sulfonamides is 1. The van der Waals surface area contributed by atoms with Crippen molar-refractivity contribution in [2.45, 2.75) is 24.7 Å². The molecular weight excluding hydrogens is 352 g/mol. The fourth-order valence-electron chi connectivity index (χ4n) is 1.99. The Bertz CT molecular complexity index is 1010. The van der Waals surface area contributed by atoms with Crippen molar-refractivity contribution in [2.24, 2.45) is 11.4 Å². The van der Waals surface area contributed by atoms with E-state index in [1.165, 1.54) is 22.8 Å². The molecule has 126 valence electrons. The molecule has 8 nitrogen and oxygen atoms in total. The zero-order valence-corrected chi connectivity index (χ0v) is 14.8. The third kappa shape index (κ3) is 3.37. The van der Waals surface area contributed by atoms with E-state index in [4.69, 9.17) is 0 Å². The summed E-state index contributed by atoms with van der Waals surface area (Å²) in [4.78, 5) is 10.7. The number of thiazole rings is 1.